The Kier molecular flexibility index (Phi) is 1.30. The number of hydrogen-bond acceptors (Lipinski definition) is 2. The first-order chi connectivity index (χ1) is 5.70. The van der Waals surface area contributed by atoms with Gasteiger partial charge in [0.1, 0.15) is 11.5 Å². The summed E-state index contributed by atoms with van der Waals surface area (Å²) in [5, 5.41) is 1.99. The van der Waals surface area contributed by atoms with E-state index in [1.54, 1.807) is 0 Å². The van der Waals surface area contributed by atoms with Gasteiger partial charge in [0.15, 0.2) is 0 Å². The lowest BCUT2D eigenvalue weighted by Gasteiger charge is -2.13. The molecule has 4 nitrogen and oxygen atoms in total. The summed E-state index contributed by atoms with van der Waals surface area (Å²) in [6.45, 7) is 0. The van der Waals surface area contributed by atoms with Gasteiger partial charge in [-0.1, -0.05) is 0 Å². The molecule has 0 saturated heterocycles. The molecule has 2 aromatic heterocycles. The van der Waals surface area contributed by atoms with Crippen LogP contribution in [0.2, 0.25) is 0 Å². The van der Waals surface area contributed by atoms with Gasteiger partial charge in [0.2, 0.25) is 0 Å². The van der Waals surface area contributed by atoms with E-state index in [9.17, 15) is 0 Å². The van der Waals surface area contributed by atoms with E-state index in [2.05, 4.69) is 0 Å². The lowest BCUT2D eigenvalue weighted by atomic mass is 10.6. The Balaban J connectivity index is 2.71. The Labute approximate surface area is 70.8 Å². The van der Waals surface area contributed by atoms with Gasteiger partial charge in [0.05, 0.1) is 0 Å². The van der Waals surface area contributed by atoms with E-state index in [-0.39, 0.29) is 0 Å². The highest BCUT2D eigenvalue weighted by Crippen LogP contribution is 2.12. The molecule has 4 heteroatoms. The highest BCUT2D eigenvalue weighted by molar-refractivity contribution is 5.52. The van der Waals surface area contributed by atoms with Crippen LogP contribution in [0.4, 0.5) is 5.82 Å². The van der Waals surface area contributed by atoms with Crippen LogP contribution in [0.5, 0.6) is 0 Å². The SMILES string of the molecule is CN(C)n1ccn2c(N)ccc12. The highest BCUT2D eigenvalue weighted by atomic mass is 15.5. The van der Waals surface area contributed by atoms with Crippen molar-refractivity contribution < 1.29 is 0 Å². The number of fused-ring (bicyclic) bond motifs is 1. The fraction of sp³-hybridized carbons (Fsp3) is 0.250. The summed E-state index contributed by atoms with van der Waals surface area (Å²) < 4.78 is 3.97. The van der Waals surface area contributed by atoms with Crippen molar-refractivity contribution in [1.82, 2.24) is 9.08 Å². The Bertz CT molecular complexity index is 396. The summed E-state index contributed by atoms with van der Waals surface area (Å²) in [5.41, 5.74) is 6.80. The first-order valence-corrected chi connectivity index (χ1v) is 3.81. The average molecular weight is 164 g/mol. The van der Waals surface area contributed by atoms with E-state index in [0.29, 0.717) is 0 Å². The van der Waals surface area contributed by atoms with Crippen molar-refractivity contribution in [3.05, 3.63) is 24.5 Å². The molecule has 0 spiro atoms. The van der Waals surface area contributed by atoms with Crippen molar-refractivity contribution in [1.29, 1.82) is 0 Å². The molecule has 0 fully saturated rings. The molecule has 0 atom stereocenters. The Morgan fingerprint density at radius 2 is 2.00 bits per heavy atom. The molecule has 2 rings (SSSR count). The second-order valence-corrected chi connectivity index (χ2v) is 2.98. The van der Waals surface area contributed by atoms with Gasteiger partial charge in [-0.3, -0.25) is 4.40 Å². The second-order valence-electron chi connectivity index (χ2n) is 2.98. The van der Waals surface area contributed by atoms with Gasteiger partial charge in [-0.2, -0.15) is 0 Å². The normalized spacial score (nSPS) is 10.8. The minimum Gasteiger partial charge on any atom is -0.385 e. The third kappa shape index (κ3) is 0.777. The molecular formula is C8H12N4. The van der Waals surface area contributed by atoms with E-state index in [1.165, 1.54) is 0 Å². The molecule has 0 aliphatic rings. The van der Waals surface area contributed by atoms with E-state index >= 15 is 0 Å². The molecule has 2 heterocycles. The third-order valence-corrected chi connectivity index (χ3v) is 1.95. The van der Waals surface area contributed by atoms with E-state index in [0.717, 1.165) is 11.5 Å². The lowest BCUT2D eigenvalue weighted by Crippen LogP contribution is -2.23. The number of rotatable bonds is 1. The Morgan fingerprint density at radius 3 is 2.67 bits per heavy atom. The molecule has 12 heavy (non-hydrogen) atoms. The molecule has 64 valence electrons. The van der Waals surface area contributed by atoms with E-state index in [4.69, 9.17) is 5.73 Å². The predicted molar refractivity (Wildman–Crippen MR) is 49.9 cm³/mol. The molecule has 2 aromatic rings. The zero-order chi connectivity index (χ0) is 8.72. The maximum Gasteiger partial charge on any atom is 0.137 e. The zero-order valence-corrected chi connectivity index (χ0v) is 7.23. The van der Waals surface area contributed by atoms with E-state index in [1.807, 2.05) is 52.7 Å². The Morgan fingerprint density at radius 1 is 1.25 bits per heavy atom. The van der Waals surface area contributed by atoms with Crippen LogP contribution in [0.25, 0.3) is 5.65 Å². The van der Waals surface area contributed by atoms with E-state index < -0.39 is 0 Å². The van der Waals surface area contributed by atoms with Gasteiger partial charge in [-0.05, 0) is 12.1 Å². The van der Waals surface area contributed by atoms with Crippen LogP contribution in [0.15, 0.2) is 24.5 Å². The molecule has 0 aliphatic carbocycles. The van der Waals surface area contributed by atoms with Crippen molar-refractivity contribution in [3.63, 3.8) is 0 Å². The Hall–Kier alpha value is -1.58. The summed E-state index contributed by atoms with van der Waals surface area (Å²) in [6, 6.07) is 3.89. The summed E-state index contributed by atoms with van der Waals surface area (Å²) in [6.07, 6.45) is 3.93. The number of anilines is 1. The molecular weight excluding hydrogens is 152 g/mol. The van der Waals surface area contributed by atoms with Gasteiger partial charge < -0.3 is 10.7 Å². The van der Waals surface area contributed by atoms with Gasteiger partial charge in [0, 0.05) is 26.5 Å². The van der Waals surface area contributed by atoms with Gasteiger partial charge >= 0.3 is 0 Å². The number of imidazole rings is 1. The summed E-state index contributed by atoms with van der Waals surface area (Å²) in [7, 11) is 3.98. The number of nitrogens with two attached hydrogens (primary N) is 1. The molecule has 0 aromatic carbocycles. The van der Waals surface area contributed by atoms with Gasteiger partial charge in [-0.25, -0.2) is 4.68 Å². The first-order valence-electron chi connectivity index (χ1n) is 3.81. The van der Waals surface area contributed by atoms with Crippen LogP contribution >= 0.6 is 0 Å². The van der Waals surface area contributed by atoms with Crippen LogP contribution in [-0.4, -0.2) is 23.2 Å². The standard InChI is InChI=1S/C8H12N4/c1-10(2)12-6-5-11-7(9)3-4-8(11)12/h3-6H,9H2,1-2H3. The first kappa shape index (κ1) is 7.09. The van der Waals surface area contributed by atoms with Crippen LogP contribution in [0.1, 0.15) is 0 Å². The fourth-order valence-electron chi connectivity index (χ4n) is 1.35. The maximum absolute atomic E-state index is 5.72. The predicted octanol–water partition coefficient (Wildman–Crippen LogP) is 0.521. The molecule has 0 saturated carbocycles. The van der Waals surface area contributed by atoms with Crippen molar-refractivity contribution in [2.45, 2.75) is 0 Å². The number of nitrogen functional groups attached to an aromatic ring is 1. The highest BCUT2D eigenvalue weighted by Gasteiger charge is 2.03. The largest absolute Gasteiger partial charge is 0.385 e. The number of hydrogen-bond donors (Lipinski definition) is 1. The molecule has 0 bridgehead atoms. The lowest BCUT2D eigenvalue weighted by molar-refractivity contribution is 0.758. The fourth-order valence-corrected chi connectivity index (χ4v) is 1.35. The molecule has 2 N–H and O–H groups in total. The minimum absolute atomic E-state index is 0.769. The average Bonchev–Trinajstić information content (AvgIpc) is 2.53. The summed E-state index contributed by atoms with van der Waals surface area (Å²) in [5.74, 6) is 0.769. The number of aromatic nitrogens is 2. The van der Waals surface area contributed by atoms with Gasteiger partial charge in [-0.15, -0.1) is 0 Å². The topological polar surface area (TPSA) is 38.6 Å². The summed E-state index contributed by atoms with van der Waals surface area (Å²) in [4.78, 5) is 0. The second kappa shape index (κ2) is 2.20. The molecule has 0 aliphatic heterocycles. The van der Waals surface area contributed by atoms with Gasteiger partial charge in [0.25, 0.3) is 0 Å². The minimum atomic E-state index is 0.769. The van der Waals surface area contributed by atoms with Crippen LogP contribution in [0, 0.1) is 0 Å². The zero-order valence-electron chi connectivity index (χ0n) is 7.23. The molecule has 0 unspecified atom stereocenters. The summed E-state index contributed by atoms with van der Waals surface area (Å²) >= 11 is 0. The van der Waals surface area contributed by atoms with Crippen molar-refractivity contribution in [2.24, 2.45) is 0 Å². The van der Waals surface area contributed by atoms with Crippen LogP contribution < -0.4 is 10.7 Å². The maximum atomic E-state index is 5.72. The van der Waals surface area contributed by atoms with Crippen molar-refractivity contribution in [2.75, 3.05) is 24.8 Å². The van der Waals surface area contributed by atoms with Crippen LogP contribution in [0.3, 0.4) is 0 Å². The van der Waals surface area contributed by atoms with Crippen LogP contribution in [-0.2, 0) is 0 Å². The molecule has 0 amide bonds. The third-order valence-electron chi connectivity index (χ3n) is 1.95. The van der Waals surface area contributed by atoms with Crippen molar-refractivity contribution >= 4 is 11.5 Å². The quantitative estimate of drug-likeness (QED) is 0.667. The molecule has 0 radical (unpaired) electrons. The monoisotopic (exact) mass is 164 g/mol. The van der Waals surface area contributed by atoms with Crippen molar-refractivity contribution in [3.8, 4) is 0 Å². The smallest absolute Gasteiger partial charge is 0.137 e. The number of nitrogens with zero attached hydrogens (tertiary/aromatic N) is 3.